The van der Waals surface area contributed by atoms with Crippen LogP contribution in [0.1, 0.15) is 19.8 Å². The molecule has 28 heavy (non-hydrogen) atoms. The summed E-state index contributed by atoms with van der Waals surface area (Å²) in [5.74, 6) is -2.34. The Morgan fingerprint density at radius 3 is 2.57 bits per heavy atom. The van der Waals surface area contributed by atoms with Crippen molar-refractivity contribution >= 4 is 56.9 Å². The molecule has 2 aromatic rings. The molecule has 2 amide bonds. The Labute approximate surface area is 174 Å². The molecule has 0 radical (unpaired) electrons. The summed E-state index contributed by atoms with van der Waals surface area (Å²) in [7, 11) is 0. The number of nitrogens with one attached hydrogen (secondary N) is 2. The number of carboxylic acids is 1. The highest BCUT2D eigenvalue weighted by Crippen LogP contribution is 2.27. The highest BCUT2D eigenvalue weighted by atomic mass is 79.9. The average Bonchev–Trinajstić information content (AvgIpc) is 2.62. The molecule has 1 unspecified atom stereocenters. The van der Waals surface area contributed by atoms with Crippen LogP contribution in [-0.2, 0) is 14.4 Å². The molecule has 6 nitrogen and oxygen atoms in total. The van der Waals surface area contributed by atoms with Crippen LogP contribution in [0.3, 0.4) is 0 Å². The number of carbonyl (C=O) groups excluding carboxylic acids is 2. The molecular weight excluding hydrogens is 451 g/mol. The summed E-state index contributed by atoms with van der Waals surface area (Å²) in [5, 5.41) is 13.3. The Balaban J connectivity index is 1.95. The molecule has 148 valence electrons. The molecule has 0 saturated heterocycles. The number of hydrogen-bond donors (Lipinski definition) is 3. The second-order valence-corrected chi connectivity index (χ2v) is 8.17. The number of amides is 2. The minimum absolute atomic E-state index is 0.0973. The van der Waals surface area contributed by atoms with E-state index in [1.807, 2.05) is 0 Å². The molecule has 0 saturated carbocycles. The zero-order valence-corrected chi connectivity index (χ0v) is 17.3. The van der Waals surface area contributed by atoms with Crippen LogP contribution in [0.25, 0.3) is 0 Å². The molecule has 0 aliphatic carbocycles. The maximum absolute atomic E-state index is 13.9. The summed E-state index contributed by atoms with van der Waals surface area (Å²) in [6.45, 7) is 1.69. The number of carbonyl (C=O) groups is 3. The quantitative estimate of drug-likeness (QED) is 0.495. The first kappa shape index (κ1) is 21.9. The van der Waals surface area contributed by atoms with Crippen LogP contribution in [-0.4, -0.2) is 28.1 Å². The monoisotopic (exact) mass is 468 g/mol. The first-order chi connectivity index (χ1) is 13.2. The van der Waals surface area contributed by atoms with Crippen LogP contribution in [0.2, 0.25) is 0 Å². The van der Waals surface area contributed by atoms with Crippen LogP contribution in [0.15, 0.2) is 51.8 Å². The summed E-state index contributed by atoms with van der Waals surface area (Å²) < 4.78 is 14.4. The number of carboxylic acid groups (broad SMARTS) is 1. The molecule has 0 heterocycles. The number of thioether (sulfide) groups is 1. The van der Waals surface area contributed by atoms with E-state index in [1.54, 1.807) is 37.3 Å². The van der Waals surface area contributed by atoms with Crippen molar-refractivity contribution in [1.29, 1.82) is 0 Å². The number of rotatable bonds is 8. The van der Waals surface area contributed by atoms with Crippen molar-refractivity contribution in [3.8, 4) is 0 Å². The molecule has 0 fully saturated rings. The standard InChI is InChI=1S/C19H18BrFN2O4S/c1-11(19(27)23-16-6-5-12(20)9-15(16)21)28-14-4-2-3-13(10-14)22-17(24)7-8-18(25)26/h2-6,9-11H,7-8H2,1H3,(H,22,24)(H,23,27)(H,25,26). The zero-order valence-electron chi connectivity index (χ0n) is 14.9. The van der Waals surface area contributed by atoms with Gasteiger partial charge in [0.25, 0.3) is 0 Å². The molecule has 0 aliphatic rings. The number of hydrogen-bond acceptors (Lipinski definition) is 4. The van der Waals surface area contributed by atoms with Crippen molar-refractivity contribution in [1.82, 2.24) is 0 Å². The van der Waals surface area contributed by atoms with Crippen molar-refractivity contribution in [2.24, 2.45) is 0 Å². The number of aliphatic carboxylic acids is 1. The van der Waals surface area contributed by atoms with Gasteiger partial charge in [-0.15, -0.1) is 11.8 Å². The molecule has 0 bridgehead atoms. The Kier molecular flexibility index (Phi) is 8.01. The molecule has 3 N–H and O–H groups in total. The van der Waals surface area contributed by atoms with Crippen LogP contribution in [0, 0.1) is 5.82 Å². The van der Waals surface area contributed by atoms with Crippen LogP contribution < -0.4 is 10.6 Å². The van der Waals surface area contributed by atoms with E-state index in [2.05, 4.69) is 26.6 Å². The molecular formula is C19H18BrFN2O4S. The van der Waals surface area contributed by atoms with Gasteiger partial charge in [0.05, 0.1) is 17.4 Å². The van der Waals surface area contributed by atoms with Gasteiger partial charge < -0.3 is 15.7 Å². The third-order valence-corrected chi connectivity index (χ3v) is 5.14. The van der Waals surface area contributed by atoms with Crippen LogP contribution in [0.5, 0.6) is 0 Å². The summed E-state index contributed by atoms with van der Waals surface area (Å²) in [6, 6.07) is 11.2. The van der Waals surface area contributed by atoms with E-state index in [0.29, 0.717) is 10.2 Å². The molecule has 0 aliphatic heterocycles. The Hall–Kier alpha value is -2.39. The molecule has 2 rings (SSSR count). The van der Waals surface area contributed by atoms with E-state index in [4.69, 9.17) is 5.11 Å². The molecule has 0 aromatic heterocycles. The highest BCUT2D eigenvalue weighted by Gasteiger charge is 2.17. The fourth-order valence-corrected chi connectivity index (χ4v) is 3.43. The summed E-state index contributed by atoms with van der Waals surface area (Å²) >= 11 is 4.41. The first-order valence-electron chi connectivity index (χ1n) is 8.29. The normalized spacial score (nSPS) is 11.5. The number of anilines is 2. The Morgan fingerprint density at radius 1 is 1.14 bits per heavy atom. The van der Waals surface area contributed by atoms with Gasteiger partial charge in [-0.2, -0.15) is 0 Å². The second kappa shape index (κ2) is 10.2. The zero-order chi connectivity index (χ0) is 20.7. The van der Waals surface area contributed by atoms with E-state index in [-0.39, 0.29) is 24.4 Å². The van der Waals surface area contributed by atoms with Gasteiger partial charge in [-0.25, -0.2) is 4.39 Å². The van der Waals surface area contributed by atoms with Gasteiger partial charge in [0.2, 0.25) is 11.8 Å². The summed E-state index contributed by atoms with van der Waals surface area (Å²) in [4.78, 5) is 35.3. The van der Waals surface area contributed by atoms with Crippen molar-refractivity contribution < 1.29 is 23.9 Å². The summed E-state index contributed by atoms with van der Waals surface area (Å²) in [6.07, 6.45) is -0.367. The van der Waals surface area contributed by atoms with Gasteiger partial charge in [-0.05, 0) is 43.3 Å². The van der Waals surface area contributed by atoms with Gasteiger partial charge in [-0.3, -0.25) is 14.4 Å². The van der Waals surface area contributed by atoms with Gasteiger partial charge in [-0.1, -0.05) is 22.0 Å². The Bertz CT molecular complexity index is 894. The van der Waals surface area contributed by atoms with Gasteiger partial charge >= 0.3 is 5.97 Å². The lowest BCUT2D eigenvalue weighted by atomic mass is 10.2. The lowest BCUT2D eigenvalue weighted by Crippen LogP contribution is -2.23. The molecule has 9 heteroatoms. The van der Waals surface area contributed by atoms with Crippen molar-refractivity contribution in [3.05, 3.63) is 52.8 Å². The third-order valence-electron chi connectivity index (χ3n) is 3.55. The number of benzene rings is 2. The topological polar surface area (TPSA) is 95.5 Å². The largest absolute Gasteiger partial charge is 0.481 e. The van der Waals surface area contributed by atoms with Gasteiger partial charge in [0.1, 0.15) is 5.82 Å². The molecule has 0 spiro atoms. The van der Waals surface area contributed by atoms with Crippen LogP contribution >= 0.6 is 27.7 Å². The van der Waals surface area contributed by atoms with E-state index < -0.39 is 22.9 Å². The predicted octanol–water partition coefficient (Wildman–Crippen LogP) is 4.51. The Morgan fingerprint density at radius 2 is 1.89 bits per heavy atom. The van der Waals surface area contributed by atoms with E-state index >= 15 is 0 Å². The predicted molar refractivity (Wildman–Crippen MR) is 110 cm³/mol. The van der Waals surface area contributed by atoms with E-state index in [0.717, 1.165) is 4.90 Å². The minimum atomic E-state index is -1.04. The van der Waals surface area contributed by atoms with Crippen molar-refractivity contribution in [2.45, 2.75) is 29.9 Å². The highest BCUT2D eigenvalue weighted by molar-refractivity contribution is 9.10. The summed E-state index contributed by atoms with van der Waals surface area (Å²) in [5.41, 5.74) is 0.604. The third kappa shape index (κ3) is 6.97. The van der Waals surface area contributed by atoms with E-state index in [9.17, 15) is 18.8 Å². The SMILES string of the molecule is CC(Sc1cccc(NC(=O)CCC(=O)O)c1)C(=O)Nc1ccc(Br)cc1F. The fraction of sp³-hybridized carbons (Fsp3) is 0.211. The molecule has 1 atom stereocenters. The first-order valence-corrected chi connectivity index (χ1v) is 9.96. The molecule has 2 aromatic carbocycles. The maximum atomic E-state index is 13.9. The lowest BCUT2D eigenvalue weighted by molar-refractivity contribution is -0.138. The average molecular weight is 469 g/mol. The van der Waals surface area contributed by atoms with E-state index in [1.165, 1.54) is 23.9 Å². The minimum Gasteiger partial charge on any atom is -0.481 e. The maximum Gasteiger partial charge on any atom is 0.303 e. The smallest absolute Gasteiger partial charge is 0.303 e. The second-order valence-electron chi connectivity index (χ2n) is 5.84. The van der Waals surface area contributed by atoms with Crippen LogP contribution in [0.4, 0.5) is 15.8 Å². The van der Waals surface area contributed by atoms with Gasteiger partial charge in [0, 0.05) is 21.5 Å². The van der Waals surface area contributed by atoms with Gasteiger partial charge in [0.15, 0.2) is 0 Å². The fourth-order valence-electron chi connectivity index (χ4n) is 2.17. The van der Waals surface area contributed by atoms with Crippen molar-refractivity contribution in [3.63, 3.8) is 0 Å². The number of halogens is 2. The lowest BCUT2D eigenvalue weighted by Gasteiger charge is -2.13. The van der Waals surface area contributed by atoms with Crippen molar-refractivity contribution in [2.75, 3.05) is 10.6 Å².